The predicted octanol–water partition coefficient (Wildman–Crippen LogP) is 8.01. The summed E-state index contributed by atoms with van der Waals surface area (Å²) in [5.74, 6) is 1.50. The Morgan fingerprint density at radius 2 is 1.07 bits per heavy atom. The normalized spacial score (nSPS) is 11.4. The zero-order valence-electron chi connectivity index (χ0n) is 19.7. The minimum atomic E-state index is 1.14. The van der Waals surface area contributed by atoms with Gasteiger partial charge >= 0.3 is 0 Å². The molecule has 0 spiro atoms. The van der Waals surface area contributed by atoms with E-state index < -0.39 is 0 Å². The third-order valence-electron chi connectivity index (χ3n) is 6.12. The van der Waals surface area contributed by atoms with Gasteiger partial charge in [0.2, 0.25) is 0 Å². The average molecular weight is 392 g/mol. The van der Waals surface area contributed by atoms with Crippen LogP contribution >= 0.6 is 0 Å². The highest BCUT2D eigenvalue weighted by Crippen LogP contribution is 2.14. The van der Waals surface area contributed by atoms with E-state index in [0.29, 0.717) is 0 Å². The molecule has 1 aromatic heterocycles. The van der Waals surface area contributed by atoms with Crippen molar-refractivity contribution < 1.29 is 4.57 Å². The fourth-order valence-electron chi connectivity index (χ4n) is 4.38. The van der Waals surface area contributed by atoms with Crippen LogP contribution in [0.1, 0.15) is 136 Å². The lowest BCUT2D eigenvalue weighted by Crippen LogP contribution is -2.36. The molecule has 0 amide bonds. The second-order valence-corrected chi connectivity index (χ2v) is 8.76. The van der Waals surface area contributed by atoms with Gasteiger partial charge in [-0.3, -0.25) is 0 Å². The third-order valence-corrected chi connectivity index (χ3v) is 6.12. The molecule has 0 aliphatic heterocycles. The second kappa shape index (κ2) is 18.3. The van der Waals surface area contributed by atoms with Crippen molar-refractivity contribution in [3.05, 3.63) is 18.2 Å². The maximum Gasteiger partial charge on any atom is 0.256 e. The van der Waals surface area contributed by atoms with E-state index in [0.717, 1.165) is 13.0 Å². The first-order valence-electron chi connectivity index (χ1n) is 12.9. The Balaban J connectivity index is 1.87. The summed E-state index contributed by atoms with van der Waals surface area (Å²) in [5.41, 5.74) is 0. The Hall–Kier alpha value is -0.790. The SMILES string of the molecule is CCCCCCCCCCCCCCCCCCn1cc[n+](CCC)c1CC. The van der Waals surface area contributed by atoms with Gasteiger partial charge in [-0.25, -0.2) is 9.13 Å². The van der Waals surface area contributed by atoms with Crippen LogP contribution in [0.5, 0.6) is 0 Å². The monoisotopic (exact) mass is 391 g/mol. The molecule has 0 saturated heterocycles. The topological polar surface area (TPSA) is 8.81 Å². The Morgan fingerprint density at radius 1 is 0.607 bits per heavy atom. The van der Waals surface area contributed by atoms with Crippen LogP contribution in [0.4, 0.5) is 0 Å². The molecule has 0 aliphatic carbocycles. The molecule has 0 unspecified atom stereocenters. The summed E-state index contributed by atoms with van der Waals surface area (Å²) in [6.45, 7) is 9.21. The molecule has 0 N–H and O–H groups in total. The molecule has 0 fully saturated rings. The molecule has 28 heavy (non-hydrogen) atoms. The second-order valence-electron chi connectivity index (χ2n) is 8.76. The van der Waals surface area contributed by atoms with E-state index in [1.165, 1.54) is 122 Å². The molecule has 1 rings (SSSR count). The van der Waals surface area contributed by atoms with Crippen molar-refractivity contribution in [3.8, 4) is 0 Å². The lowest BCUT2D eigenvalue weighted by molar-refractivity contribution is -0.703. The Morgan fingerprint density at radius 3 is 1.50 bits per heavy atom. The Bertz CT molecular complexity index is 449. The fourth-order valence-corrected chi connectivity index (χ4v) is 4.38. The number of hydrogen-bond acceptors (Lipinski definition) is 0. The van der Waals surface area contributed by atoms with Crippen LogP contribution < -0.4 is 4.57 Å². The van der Waals surface area contributed by atoms with Crippen LogP contribution in [-0.4, -0.2) is 4.57 Å². The van der Waals surface area contributed by atoms with Crippen LogP contribution in [0.3, 0.4) is 0 Å². The molecular weight excluding hydrogens is 340 g/mol. The fraction of sp³-hybridized carbons (Fsp3) is 0.885. The zero-order valence-corrected chi connectivity index (χ0v) is 19.7. The minimum Gasteiger partial charge on any atom is -0.234 e. The first kappa shape index (κ1) is 25.2. The van der Waals surface area contributed by atoms with E-state index in [4.69, 9.17) is 0 Å². The molecule has 1 heterocycles. The van der Waals surface area contributed by atoms with Crippen molar-refractivity contribution in [2.45, 2.75) is 149 Å². The highest BCUT2D eigenvalue weighted by Gasteiger charge is 2.13. The van der Waals surface area contributed by atoms with Gasteiger partial charge in [0.1, 0.15) is 12.4 Å². The molecule has 1 aromatic rings. The molecule has 0 saturated carbocycles. The number of unbranched alkanes of at least 4 members (excludes halogenated alkanes) is 15. The Kier molecular flexibility index (Phi) is 16.5. The lowest BCUT2D eigenvalue weighted by atomic mass is 10.0. The standard InChI is InChI=1S/C26H51N2/c1-4-7-8-9-10-11-12-13-14-15-16-17-18-19-20-21-23-28-25-24-27(22-5-2)26(28)6-3/h24-25H,4-23H2,1-3H3/q+1. The summed E-state index contributed by atoms with van der Waals surface area (Å²) < 4.78 is 4.92. The van der Waals surface area contributed by atoms with Crippen LogP contribution in [0.2, 0.25) is 0 Å². The highest BCUT2D eigenvalue weighted by atomic mass is 15.1. The number of aryl methyl sites for hydroxylation is 2. The number of hydrogen-bond donors (Lipinski definition) is 0. The van der Waals surface area contributed by atoms with E-state index in [1.54, 1.807) is 0 Å². The van der Waals surface area contributed by atoms with Gasteiger partial charge in [0.15, 0.2) is 0 Å². The van der Waals surface area contributed by atoms with E-state index in [1.807, 2.05) is 0 Å². The van der Waals surface area contributed by atoms with Crippen molar-refractivity contribution in [3.63, 3.8) is 0 Å². The van der Waals surface area contributed by atoms with Gasteiger partial charge in [0.05, 0.1) is 13.1 Å². The van der Waals surface area contributed by atoms with Crippen molar-refractivity contribution >= 4 is 0 Å². The molecule has 2 heteroatoms. The van der Waals surface area contributed by atoms with Crippen LogP contribution in [-0.2, 0) is 19.5 Å². The van der Waals surface area contributed by atoms with Crippen LogP contribution in [0.25, 0.3) is 0 Å². The van der Waals surface area contributed by atoms with Gasteiger partial charge in [-0.1, -0.05) is 111 Å². The molecule has 0 aliphatic rings. The third kappa shape index (κ3) is 11.9. The maximum atomic E-state index is 2.49. The first-order valence-corrected chi connectivity index (χ1v) is 12.9. The number of imidazole rings is 1. The van der Waals surface area contributed by atoms with E-state index in [9.17, 15) is 0 Å². The summed E-state index contributed by atoms with van der Waals surface area (Å²) in [5, 5.41) is 0. The molecule has 164 valence electrons. The van der Waals surface area contributed by atoms with Gasteiger partial charge in [-0.05, 0) is 19.3 Å². The van der Waals surface area contributed by atoms with Crippen LogP contribution in [0, 0.1) is 0 Å². The van der Waals surface area contributed by atoms with E-state index in [2.05, 4.69) is 42.3 Å². The van der Waals surface area contributed by atoms with E-state index in [-0.39, 0.29) is 0 Å². The molecule has 0 aromatic carbocycles. The van der Waals surface area contributed by atoms with Crippen molar-refractivity contribution in [2.24, 2.45) is 0 Å². The summed E-state index contributed by atoms with van der Waals surface area (Å²) in [7, 11) is 0. The summed E-state index contributed by atoms with van der Waals surface area (Å²) >= 11 is 0. The molecular formula is C26H51N2+. The van der Waals surface area contributed by atoms with Gasteiger partial charge in [0, 0.05) is 6.42 Å². The number of nitrogens with zero attached hydrogens (tertiary/aromatic N) is 2. The molecule has 0 bridgehead atoms. The maximum absolute atomic E-state index is 2.49. The minimum absolute atomic E-state index is 1.14. The van der Waals surface area contributed by atoms with Gasteiger partial charge in [-0.15, -0.1) is 0 Å². The molecule has 0 radical (unpaired) electrons. The summed E-state index contributed by atoms with van der Waals surface area (Å²) in [6.07, 6.45) is 30.0. The highest BCUT2D eigenvalue weighted by molar-refractivity contribution is 4.82. The number of aromatic nitrogens is 2. The predicted molar refractivity (Wildman–Crippen MR) is 124 cm³/mol. The van der Waals surface area contributed by atoms with Crippen molar-refractivity contribution in [1.29, 1.82) is 0 Å². The lowest BCUT2D eigenvalue weighted by Gasteiger charge is -2.04. The van der Waals surface area contributed by atoms with Gasteiger partial charge < -0.3 is 0 Å². The quantitative estimate of drug-likeness (QED) is 0.157. The van der Waals surface area contributed by atoms with Gasteiger partial charge in [0.25, 0.3) is 5.82 Å². The number of rotatable bonds is 20. The van der Waals surface area contributed by atoms with E-state index >= 15 is 0 Å². The average Bonchev–Trinajstić information content (AvgIpc) is 3.09. The van der Waals surface area contributed by atoms with Crippen molar-refractivity contribution in [1.82, 2.24) is 4.57 Å². The molecule has 2 nitrogen and oxygen atoms in total. The summed E-state index contributed by atoms with van der Waals surface area (Å²) in [6, 6.07) is 0. The first-order chi connectivity index (χ1) is 13.8. The van der Waals surface area contributed by atoms with Crippen LogP contribution in [0.15, 0.2) is 12.4 Å². The summed E-state index contributed by atoms with van der Waals surface area (Å²) in [4.78, 5) is 0. The zero-order chi connectivity index (χ0) is 20.3. The van der Waals surface area contributed by atoms with Gasteiger partial charge in [-0.2, -0.15) is 0 Å². The van der Waals surface area contributed by atoms with Crippen molar-refractivity contribution in [2.75, 3.05) is 0 Å². The molecule has 0 atom stereocenters. The smallest absolute Gasteiger partial charge is 0.234 e. The Labute approximate surface area is 177 Å². The largest absolute Gasteiger partial charge is 0.256 e.